The van der Waals surface area contributed by atoms with Crippen LogP contribution < -0.4 is 5.32 Å². The highest BCUT2D eigenvalue weighted by atomic mass is 16.6. The highest BCUT2D eigenvalue weighted by Crippen LogP contribution is 2.44. The summed E-state index contributed by atoms with van der Waals surface area (Å²) in [6, 6.07) is 15.3. The van der Waals surface area contributed by atoms with E-state index < -0.39 is 24.1 Å². The van der Waals surface area contributed by atoms with Gasteiger partial charge in [0, 0.05) is 5.92 Å². The molecule has 0 fully saturated rings. The molecule has 0 heterocycles. The van der Waals surface area contributed by atoms with Crippen LogP contribution in [0.25, 0.3) is 11.1 Å². The normalized spacial score (nSPS) is 13.0. The Morgan fingerprint density at radius 1 is 0.762 bits per heavy atom. The van der Waals surface area contributed by atoms with Crippen LogP contribution in [0.3, 0.4) is 0 Å². The predicted molar refractivity (Wildman–Crippen MR) is 153 cm³/mol. The average molecular weight is 586 g/mol. The number of benzene rings is 2. The van der Waals surface area contributed by atoms with E-state index in [-0.39, 0.29) is 32.2 Å². The predicted octanol–water partition coefficient (Wildman–Crippen LogP) is 3.55. The Morgan fingerprint density at radius 2 is 1.29 bits per heavy atom. The number of rotatable bonds is 20. The van der Waals surface area contributed by atoms with Crippen LogP contribution in [0, 0.1) is 0 Å². The van der Waals surface area contributed by atoms with Gasteiger partial charge in [0.1, 0.15) is 19.3 Å². The second-order valence-corrected chi connectivity index (χ2v) is 9.35. The minimum atomic E-state index is -0.891. The van der Waals surface area contributed by atoms with Gasteiger partial charge in [-0.25, -0.2) is 9.59 Å². The minimum Gasteiger partial charge on any atom is -0.481 e. The molecular formula is C31H39NO10. The summed E-state index contributed by atoms with van der Waals surface area (Å²) in [6.07, 6.45) is 2.68. The van der Waals surface area contributed by atoms with Crippen molar-refractivity contribution in [3.63, 3.8) is 0 Å². The SMILES string of the molecule is C[C@H](NC(=O)OCC1c2ccccc2-c2ccccc21)C(=O)OC/C=C/COCCOCCOCCOCCC(=O)O. The number of esters is 1. The zero-order valence-corrected chi connectivity index (χ0v) is 23.8. The second-order valence-electron chi connectivity index (χ2n) is 9.35. The molecule has 1 aliphatic carbocycles. The van der Waals surface area contributed by atoms with E-state index in [1.165, 1.54) is 6.92 Å². The summed E-state index contributed by atoms with van der Waals surface area (Å²) in [5.74, 6) is -1.53. The first-order chi connectivity index (χ1) is 20.5. The zero-order chi connectivity index (χ0) is 30.0. The van der Waals surface area contributed by atoms with Crippen molar-refractivity contribution in [1.82, 2.24) is 5.32 Å². The molecule has 0 aliphatic heterocycles. The number of carboxylic acids is 1. The van der Waals surface area contributed by atoms with Gasteiger partial charge in [0.25, 0.3) is 0 Å². The first-order valence-electron chi connectivity index (χ1n) is 13.9. The van der Waals surface area contributed by atoms with Gasteiger partial charge in [0.05, 0.1) is 59.3 Å². The molecule has 1 atom stereocenters. The fourth-order valence-electron chi connectivity index (χ4n) is 4.24. The fraction of sp³-hybridized carbons (Fsp3) is 0.452. The Labute approximate surface area is 245 Å². The van der Waals surface area contributed by atoms with Crippen molar-refractivity contribution >= 4 is 18.0 Å². The number of carbonyl (C=O) groups excluding carboxylic acids is 2. The van der Waals surface area contributed by atoms with Gasteiger partial charge in [0.2, 0.25) is 0 Å². The molecule has 2 N–H and O–H groups in total. The summed E-state index contributed by atoms with van der Waals surface area (Å²) in [5.41, 5.74) is 4.51. The van der Waals surface area contributed by atoms with Crippen LogP contribution in [0.4, 0.5) is 4.79 Å². The molecule has 0 unspecified atom stereocenters. The molecule has 11 heteroatoms. The molecule has 1 amide bonds. The van der Waals surface area contributed by atoms with Crippen molar-refractivity contribution in [3.05, 3.63) is 71.8 Å². The summed E-state index contributed by atoms with van der Waals surface area (Å²) >= 11 is 0. The van der Waals surface area contributed by atoms with E-state index in [4.69, 9.17) is 33.5 Å². The number of aliphatic carboxylic acids is 1. The molecule has 0 saturated heterocycles. The number of nitrogens with one attached hydrogen (secondary N) is 1. The molecule has 2 aromatic carbocycles. The number of hydrogen-bond donors (Lipinski definition) is 2. The van der Waals surface area contributed by atoms with Gasteiger partial charge in [0.15, 0.2) is 0 Å². The Hall–Kier alpha value is -3.77. The van der Waals surface area contributed by atoms with Crippen LogP contribution in [0.2, 0.25) is 0 Å². The summed E-state index contributed by atoms with van der Waals surface area (Å²) < 4.78 is 31.9. The van der Waals surface area contributed by atoms with Crippen molar-refractivity contribution in [1.29, 1.82) is 0 Å². The van der Waals surface area contributed by atoms with Gasteiger partial charge >= 0.3 is 18.0 Å². The van der Waals surface area contributed by atoms with Crippen molar-refractivity contribution in [2.24, 2.45) is 0 Å². The third-order valence-corrected chi connectivity index (χ3v) is 6.31. The smallest absolute Gasteiger partial charge is 0.407 e. The molecule has 1 aliphatic rings. The highest BCUT2D eigenvalue weighted by molar-refractivity contribution is 5.81. The van der Waals surface area contributed by atoms with E-state index in [0.29, 0.717) is 46.2 Å². The topological polar surface area (TPSA) is 139 Å². The van der Waals surface area contributed by atoms with E-state index in [0.717, 1.165) is 22.3 Å². The summed E-state index contributed by atoms with van der Waals surface area (Å²) in [4.78, 5) is 34.9. The van der Waals surface area contributed by atoms with Crippen LogP contribution in [-0.4, -0.2) is 95.2 Å². The molecule has 0 bridgehead atoms. The monoisotopic (exact) mass is 585 g/mol. The quantitative estimate of drug-likeness (QED) is 0.135. The fourth-order valence-corrected chi connectivity index (χ4v) is 4.24. The lowest BCUT2D eigenvalue weighted by atomic mass is 9.98. The minimum absolute atomic E-state index is 0.0220. The standard InChI is InChI=1S/C31H39NO10/c1-23(32-31(36)42-22-28-26-10-4-2-8-24(26)25-9-3-5-11-27(25)28)30(35)41-14-7-6-13-37-16-18-39-20-21-40-19-17-38-15-12-29(33)34/h2-11,23,28H,12-22H2,1H3,(H,32,36)(H,33,34)/b7-6+/t23-/m0/s1. The lowest BCUT2D eigenvalue weighted by Crippen LogP contribution is -2.40. The molecular weight excluding hydrogens is 546 g/mol. The third-order valence-electron chi connectivity index (χ3n) is 6.31. The average Bonchev–Trinajstić information content (AvgIpc) is 3.31. The summed E-state index contributed by atoms with van der Waals surface area (Å²) in [7, 11) is 0. The van der Waals surface area contributed by atoms with Crippen molar-refractivity contribution in [2.45, 2.75) is 25.3 Å². The lowest BCUT2D eigenvalue weighted by Gasteiger charge is -2.16. The van der Waals surface area contributed by atoms with Crippen molar-refractivity contribution in [3.8, 4) is 11.1 Å². The molecule has 11 nitrogen and oxygen atoms in total. The van der Waals surface area contributed by atoms with E-state index in [1.54, 1.807) is 12.2 Å². The summed E-state index contributed by atoms with van der Waals surface area (Å²) in [5, 5.41) is 11.0. The molecule has 0 spiro atoms. The van der Waals surface area contributed by atoms with Crippen LogP contribution >= 0.6 is 0 Å². The Kier molecular flexibility index (Phi) is 14.5. The number of ether oxygens (including phenoxy) is 6. The maximum absolute atomic E-state index is 12.4. The lowest BCUT2D eigenvalue weighted by molar-refractivity contribution is -0.144. The van der Waals surface area contributed by atoms with E-state index in [9.17, 15) is 14.4 Å². The second kappa shape index (κ2) is 18.6. The van der Waals surface area contributed by atoms with Crippen molar-refractivity contribution in [2.75, 3.05) is 66.1 Å². The van der Waals surface area contributed by atoms with Gasteiger partial charge in [-0.2, -0.15) is 0 Å². The van der Waals surface area contributed by atoms with Gasteiger partial charge < -0.3 is 38.8 Å². The summed E-state index contributed by atoms with van der Waals surface area (Å²) in [6.45, 7) is 4.58. The van der Waals surface area contributed by atoms with E-state index >= 15 is 0 Å². The van der Waals surface area contributed by atoms with Gasteiger partial charge in [-0.05, 0) is 35.3 Å². The van der Waals surface area contributed by atoms with E-state index in [2.05, 4.69) is 17.4 Å². The number of amides is 1. The van der Waals surface area contributed by atoms with Crippen LogP contribution in [0.5, 0.6) is 0 Å². The molecule has 0 aromatic heterocycles. The molecule has 0 radical (unpaired) electrons. The largest absolute Gasteiger partial charge is 0.481 e. The van der Waals surface area contributed by atoms with Gasteiger partial charge in [-0.1, -0.05) is 54.6 Å². The maximum atomic E-state index is 12.4. The zero-order valence-electron chi connectivity index (χ0n) is 23.8. The van der Waals surface area contributed by atoms with Crippen LogP contribution in [0.15, 0.2) is 60.7 Å². The van der Waals surface area contributed by atoms with Crippen LogP contribution in [-0.2, 0) is 38.0 Å². The molecule has 0 saturated carbocycles. The molecule has 2 aromatic rings. The third kappa shape index (κ3) is 11.2. The van der Waals surface area contributed by atoms with Crippen LogP contribution in [0.1, 0.15) is 30.4 Å². The van der Waals surface area contributed by atoms with E-state index in [1.807, 2.05) is 36.4 Å². The number of alkyl carbamates (subject to hydrolysis) is 1. The number of hydrogen-bond acceptors (Lipinski definition) is 9. The first kappa shape index (κ1) is 32.7. The van der Waals surface area contributed by atoms with Gasteiger partial charge in [-0.3, -0.25) is 4.79 Å². The number of carboxylic acid groups (broad SMARTS) is 1. The Morgan fingerprint density at radius 3 is 1.88 bits per heavy atom. The number of fused-ring (bicyclic) bond motifs is 3. The number of carbonyl (C=O) groups is 3. The Bertz CT molecular complexity index is 1120. The molecule has 3 rings (SSSR count). The Balaban J connectivity index is 1.18. The molecule has 228 valence electrons. The molecule has 42 heavy (non-hydrogen) atoms. The van der Waals surface area contributed by atoms with Crippen molar-refractivity contribution < 1.29 is 47.9 Å². The van der Waals surface area contributed by atoms with Gasteiger partial charge in [-0.15, -0.1) is 0 Å². The highest BCUT2D eigenvalue weighted by Gasteiger charge is 2.29. The first-order valence-corrected chi connectivity index (χ1v) is 13.9. The maximum Gasteiger partial charge on any atom is 0.407 e.